The number of thiophene rings is 1. The van der Waals surface area contributed by atoms with Crippen molar-refractivity contribution < 1.29 is 4.79 Å². The van der Waals surface area contributed by atoms with Gasteiger partial charge in [0.1, 0.15) is 0 Å². The summed E-state index contributed by atoms with van der Waals surface area (Å²) >= 11 is 7.57. The highest BCUT2D eigenvalue weighted by atomic mass is 35.5. The number of amides is 1. The monoisotopic (exact) mass is 259 g/mol. The highest BCUT2D eigenvalue weighted by Gasteiger charge is 2.14. The molecule has 0 saturated heterocycles. The first-order valence-electron chi connectivity index (χ1n) is 5.54. The summed E-state index contributed by atoms with van der Waals surface area (Å²) < 4.78 is 0. The standard InChI is InChI=1S/C12H18ClNOS/c1-4-9-5-6-16-11(9)12(15)14-7-10(13)8(2)3/h5-6,8,10H,4,7H2,1-3H3,(H,14,15). The van der Waals surface area contributed by atoms with Crippen LogP contribution in [0.15, 0.2) is 11.4 Å². The number of halogens is 1. The van der Waals surface area contributed by atoms with Crippen molar-refractivity contribution in [3.63, 3.8) is 0 Å². The fraction of sp³-hybridized carbons (Fsp3) is 0.583. The highest BCUT2D eigenvalue weighted by molar-refractivity contribution is 7.12. The van der Waals surface area contributed by atoms with E-state index in [1.54, 1.807) is 0 Å². The molecular formula is C12H18ClNOS. The van der Waals surface area contributed by atoms with Crippen LogP contribution in [0.2, 0.25) is 0 Å². The van der Waals surface area contributed by atoms with Crippen LogP contribution in [0.25, 0.3) is 0 Å². The van der Waals surface area contributed by atoms with Crippen molar-refractivity contribution in [2.24, 2.45) is 5.92 Å². The van der Waals surface area contributed by atoms with E-state index in [9.17, 15) is 4.79 Å². The van der Waals surface area contributed by atoms with Gasteiger partial charge in [0.25, 0.3) is 5.91 Å². The Bertz CT molecular complexity index is 349. The molecule has 1 rings (SSSR count). The Labute approximate surface area is 106 Å². The zero-order chi connectivity index (χ0) is 12.1. The van der Waals surface area contributed by atoms with Crippen molar-refractivity contribution in [1.82, 2.24) is 5.32 Å². The fourth-order valence-electron chi connectivity index (χ4n) is 1.32. The van der Waals surface area contributed by atoms with E-state index in [0.29, 0.717) is 12.5 Å². The molecule has 0 radical (unpaired) electrons. The zero-order valence-corrected chi connectivity index (χ0v) is 11.5. The first-order valence-corrected chi connectivity index (χ1v) is 6.86. The molecule has 1 atom stereocenters. The van der Waals surface area contributed by atoms with Crippen LogP contribution in [0.5, 0.6) is 0 Å². The topological polar surface area (TPSA) is 29.1 Å². The molecule has 0 aliphatic rings. The predicted octanol–water partition coefficient (Wildman–Crippen LogP) is 3.30. The van der Waals surface area contributed by atoms with Crippen LogP contribution in [-0.2, 0) is 6.42 Å². The smallest absolute Gasteiger partial charge is 0.261 e. The van der Waals surface area contributed by atoms with Gasteiger partial charge in [-0.3, -0.25) is 4.79 Å². The Kier molecular flexibility index (Phi) is 5.29. The second-order valence-electron chi connectivity index (χ2n) is 4.10. The number of hydrogen-bond donors (Lipinski definition) is 1. The second kappa shape index (κ2) is 6.26. The quantitative estimate of drug-likeness (QED) is 0.808. The summed E-state index contributed by atoms with van der Waals surface area (Å²) in [6, 6.07) is 2.00. The largest absolute Gasteiger partial charge is 0.350 e. The minimum Gasteiger partial charge on any atom is -0.350 e. The Balaban J connectivity index is 2.53. The second-order valence-corrected chi connectivity index (χ2v) is 5.58. The molecule has 1 aromatic rings. The van der Waals surface area contributed by atoms with Gasteiger partial charge in [-0.2, -0.15) is 0 Å². The van der Waals surface area contributed by atoms with E-state index >= 15 is 0 Å². The van der Waals surface area contributed by atoms with Crippen LogP contribution in [0, 0.1) is 5.92 Å². The van der Waals surface area contributed by atoms with Crippen LogP contribution in [0.4, 0.5) is 0 Å². The average Bonchev–Trinajstić information content (AvgIpc) is 2.73. The summed E-state index contributed by atoms with van der Waals surface area (Å²) in [4.78, 5) is 12.7. The minimum atomic E-state index is -0.00557. The molecule has 1 unspecified atom stereocenters. The van der Waals surface area contributed by atoms with Gasteiger partial charge in [0, 0.05) is 6.54 Å². The van der Waals surface area contributed by atoms with Crippen LogP contribution >= 0.6 is 22.9 Å². The van der Waals surface area contributed by atoms with Crippen molar-refractivity contribution >= 4 is 28.8 Å². The third-order valence-corrected chi connectivity index (χ3v) is 4.13. The predicted molar refractivity (Wildman–Crippen MR) is 70.5 cm³/mol. The zero-order valence-electron chi connectivity index (χ0n) is 9.92. The fourth-order valence-corrected chi connectivity index (χ4v) is 2.31. The third kappa shape index (κ3) is 3.49. The Morgan fingerprint density at radius 3 is 2.81 bits per heavy atom. The van der Waals surface area contributed by atoms with E-state index < -0.39 is 0 Å². The Morgan fingerprint density at radius 2 is 2.25 bits per heavy atom. The lowest BCUT2D eigenvalue weighted by atomic mass is 10.1. The summed E-state index contributed by atoms with van der Waals surface area (Å²) in [5, 5.41) is 4.83. The molecule has 0 aromatic carbocycles. The summed E-state index contributed by atoms with van der Waals surface area (Å²) in [6.07, 6.45) is 0.890. The normalized spacial score (nSPS) is 12.8. The molecule has 4 heteroatoms. The van der Waals surface area contributed by atoms with Crippen molar-refractivity contribution in [3.05, 3.63) is 21.9 Å². The molecule has 0 saturated carbocycles. The van der Waals surface area contributed by atoms with Gasteiger partial charge in [-0.15, -0.1) is 22.9 Å². The van der Waals surface area contributed by atoms with Crippen LogP contribution in [-0.4, -0.2) is 17.8 Å². The first-order chi connectivity index (χ1) is 7.56. The molecule has 1 N–H and O–H groups in total. The minimum absolute atomic E-state index is 0.00171. The molecule has 0 aliphatic heterocycles. The van der Waals surface area contributed by atoms with Crippen molar-refractivity contribution in [3.8, 4) is 0 Å². The molecule has 16 heavy (non-hydrogen) atoms. The number of carbonyl (C=O) groups is 1. The number of rotatable bonds is 5. The van der Waals surface area contributed by atoms with Crippen LogP contribution in [0.1, 0.15) is 36.0 Å². The van der Waals surface area contributed by atoms with E-state index in [1.807, 2.05) is 25.3 Å². The van der Waals surface area contributed by atoms with Gasteiger partial charge in [-0.1, -0.05) is 20.8 Å². The maximum atomic E-state index is 11.9. The van der Waals surface area contributed by atoms with E-state index in [-0.39, 0.29) is 11.3 Å². The van der Waals surface area contributed by atoms with Crippen molar-refractivity contribution in [2.75, 3.05) is 6.54 Å². The average molecular weight is 260 g/mol. The van der Waals surface area contributed by atoms with E-state index in [0.717, 1.165) is 16.9 Å². The summed E-state index contributed by atoms with van der Waals surface area (Å²) in [5.41, 5.74) is 1.11. The number of aryl methyl sites for hydroxylation is 1. The maximum Gasteiger partial charge on any atom is 0.261 e. The van der Waals surface area contributed by atoms with Gasteiger partial charge < -0.3 is 5.32 Å². The van der Waals surface area contributed by atoms with Crippen molar-refractivity contribution in [2.45, 2.75) is 32.6 Å². The first kappa shape index (κ1) is 13.5. The molecule has 1 aromatic heterocycles. The van der Waals surface area contributed by atoms with Gasteiger partial charge in [-0.05, 0) is 29.3 Å². The lowest BCUT2D eigenvalue weighted by molar-refractivity contribution is 0.0955. The molecule has 0 spiro atoms. The maximum absolute atomic E-state index is 11.9. The van der Waals surface area contributed by atoms with E-state index in [2.05, 4.69) is 12.2 Å². The van der Waals surface area contributed by atoms with Crippen LogP contribution < -0.4 is 5.32 Å². The number of nitrogens with one attached hydrogen (secondary N) is 1. The van der Waals surface area contributed by atoms with Gasteiger partial charge in [0.05, 0.1) is 10.3 Å². The van der Waals surface area contributed by atoms with E-state index in [1.165, 1.54) is 11.3 Å². The van der Waals surface area contributed by atoms with Crippen molar-refractivity contribution in [1.29, 1.82) is 0 Å². The highest BCUT2D eigenvalue weighted by Crippen LogP contribution is 2.17. The van der Waals surface area contributed by atoms with Gasteiger partial charge in [-0.25, -0.2) is 0 Å². The van der Waals surface area contributed by atoms with E-state index in [4.69, 9.17) is 11.6 Å². The summed E-state index contributed by atoms with van der Waals surface area (Å²) in [6.45, 7) is 6.68. The molecule has 1 heterocycles. The van der Waals surface area contributed by atoms with Gasteiger partial charge in [0.2, 0.25) is 0 Å². The Morgan fingerprint density at radius 1 is 1.56 bits per heavy atom. The van der Waals surface area contributed by atoms with Crippen LogP contribution in [0.3, 0.4) is 0 Å². The lowest BCUT2D eigenvalue weighted by Gasteiger charge is -2.13. The molecule has 1 amide bonds. The summed E-state index contributed by atoms with van der Waals surface area (Å²) in [5.74, 6) is 0.370. The van der Waals surface area contributed by atoms with Gasteiger partial charge >= 0.3 is 0 Å². The number of alkyl halides is 1. The van der Waals surface area contributed by atoms with Gasteiger partial charge in [0.15, 0.2) is 0 Å². The molecule has 0 aliphatic carbocycles. The lowest BCUT2D eigenvalue weighted by Crippen LogP contribution is -2.31. The molecule has 2 nitrogen and oxygen atoms in total. The molecule has 0 fully saturated rings. The number of carbonyl (C=O) groups excluding carboxylic acids is 1. The Hall–Kier alpha value is -0.540. The summed E-state index contributed by atoms with van der Waals surface area (Å²) in [7, 11) is 0. The SMILES string of the molecule is CCc1ccsc1C(=O)NCC(Cl)C(C)C. The molecular weight excluding hydrogens is 242 g/mol. The molecule has 0 bridgehead atoms. The number of hydrogen-bond acceptors (Lipinski definition) is 2. The molecule has 90 valence electrons. The third-order valence-electron chi connectivity index (χ3n) is 2.51.